The van der Waals surface area contributed by atoms with Crippen LogP contribution in [0.4, 0.5) is 5.13 Å². The number of benzene rings is 1. The normalized spacial score (nSPS) is 10.3. The van der Waals surface area contributed by atoms with Gasteiger partial charge in [-0.1, -0.05) is 17.4 Å². The molecule has 1 N–H and O–H groups in total. The Kier molecular flexibility index (Phi) is 4.54. The van der Waals surface area contributed by atoms with Crippen LogP contribution < -0.4 is 14.8 Å². The molecule has 0 saturated heterocycles. The molecule has 0 saturated carbocycles. The molecule has 0 radical (unpaired) electrons. The first-order chi connectivity index (χ1) is 11.2. The Bertz CT molecular complexity index is 793. The van der Waals surface area contributed by atoms with Crippen molar-refractivity contribution in [2.24, 2.45) is 0 Å². The Labute approximate surface area is 140 Å². The van der Waals surface area contributed by atoms with E-state index in [0.717, 1.165) is 9.88 Å². The third-order valence-corrected chi connectivity index (χ3v) is 4.87. The molecule has 118 valence electrons. The highest BCUT2D eigenvalue weighted by Crippen LogP contribution is 2.30. The van der Waals surface area contributed by atoms with Gasteiger partial charge >= 0.3 is 0 Å². The standard InChI is InChI=1S/C15H13N3O3S2/c1-20-10-6-9(7-11(8-10)21-2)13(19)16-15-18-17-14(23-15)12-4-3-5-22-12/h3-8H,1-2H3,(H,16,18,19). The number of methoxy groups -OCH3 is 2. The van der Waals surface area contributed by atoms with E-state index in [1.54, 1.807) is 29.5 Å². The van der Waals surface area contributed by atoms with E-state index in [0.29, 0.717) is 22.2 Å². The largest absolute Gasteiger partial charge is 0.497 e. The van der Waals surface area contributed by atoms with Crippen LogP contribution in [0.25, 0.3) is 9.88 Å². The maximum absolute atomic E-state index is 12.4. The lowest BCUT2D eigenvalue weighted by Gasteiger charge is -2.07. The van der Waals surface area contributed by atoms with Crippen LogP contribution in [0.3, 0.4) is 0 Å². The zero-order valence-electron chi connectivity index (χ0n) is 12.4. The van der Waals surface area contributed by atoms with Gasteiger partial charge in [0.2, 0.25) is 5.13 Å². The van der Waals surface area contributed by atoms with E-state index >= 15 is 0 Å². The van der Waals surface area contributed by atoms with Crippen molar-refractivity contribution in [2.75, 3.05) is 19.5 Å². The minimum absolute atomic E-state index is 0.295. The van der Waals surface area contributed by atoms with E-state index in [1.165, 1.54) is 25.6 Å². The van der Waals surface area contributed by atoms with Crippen LogP contribution in [-0.2, 0) is 0 Å². The van der Waals surface area contributed by atoms with Crippen molar-refractivity contribution in [1.82, 2.24) is 10.2 Å². The second-order valence-electron chi connectivity index (χ2n) is 4.45. The number of amides is 1. The van der Waals surface area contributed by atoms with E-state index in [-0.39, 0.29) is 5.91 Å². The first-order valence-electron chi connectivity index (χ1n) is 6.61. The second-order valence-corrected chi connectivity index (χ2v) is 6.37. The van der Waals surface area contributed by atoms with Crippen molar-refractivity contribution in [3.8, 4) is 21.4 Å². The van der Waals surface area contributed by atoms with Crippen LogP contribution in [0.15, 0.2) is 35.7 Å². The van der Waals surface area contributed by atoms with E-state index in [1.807, 2.05) is 17.5 Å². The number of aromatic nitrogens is 2. The molecular weight excluding hydrogens is 334 g/mol. The summed E-state index contributed by atoms with van der Waals surface area (Å²) in [5, 5.41) is 14.0. The Morgan fingerprint density at radius 3 is 2.48 bits per heavy atom. The number of anilines is 1. The van der Waals surface area contributed by atoms with E-state index in [4.69, 9.17) is 9.47 Å². The monoisotopic (exact) mass is 347 g/mol. The Balaban J connectivity index is 1.79. The van der Waals surface area contributed by atoms with Crippen molar-refractivity contribution in [2.45, 2.75) is 0 Å². The number of hydrogen-bond donors (Lipinski definition) is 1. The van der Waals surface area contributed by atoms with Gasteiger partial charge in [0.15, 0.2) is 5.01 Å². The summed E-state index contributed by atoms with van der Waals surface area (Å²) in [6, 6.07) is 8.89. The van der Waals surface area contributed by atoms with Crippen LogP contribution in [0.1, 0.15) is 10.4 Å². The van der Waals surface area contributed by atoms with Crippen LogP contribution in [0.5, 0.6) is 11.5 Å². The van der Waals surface area contributed by atoms with Crippen LogP contribution in [0, 0.1) is 0 Å². The first kappa shape index (κ1) is 15.4. The number of ether oxygens (including phenoxy) is 2. The minimum atomic E-state index is -0.295. The zero-order chi connectivity index (χ0) is 16.2. The highest BCUT2D eigenvalue weighted by Gasteiger charge is 2.14. The second kappa shape index (κ2) is 6.76. The molecule has 3 aromatic rings. The Morgan fingerprint density at radius 1 is 1.13 bits per heavy atom. The molecule has 1 amide bonds. The van der Waals surface area contributed by atoms with Crippen molar-refractivity contribution >= 4 is 33.7 Å². The quantitative estimate of drug-likeness (QED) is 0.764. The molecule has 0 atom stereocenters. The number of hydrogen-bond acceptors (Lipinski definition) is 7. The number of nitrogens with zero attached hydrogens (tertiary/aromatic N) is 2. The Morgan fingerprint density at radius 2 is 1.87 bits per heavy atom. The summed E-state index contributed by atoms with van der Waals surface area (Å²) in [5.74, 6) is 0.799. The van der Waals surface area contributed by atoms with E-state index < -0.39 is 0 Å². The summed E-state index contributed by atoms with van der Waals surface area (Å²) in [6.07, 6.45) is 0. The smallest absolute Gasteiger partial charge is 0.257 e. The van der Waals surface area contributed by atoms with Crippen molar-refractivity contribution < 1.29 is 14.3 Å². The molecule has 0 aliphatic rings. The summed E-state index contributed by atoms with van der Waals surface area (Å²) in [7, 11) is 3.07. The maximum Gasteiger partial charge on any atom is 0.257 e. The fourth-order valence-electron chi connectivity index (χ4n) is 1.88. The fraction of sp³-hybridized carbons (Fsp3) is 0.133. The lowest BCUT2D eigenvalue weighted by molar-refractivity contribution is 0.102. The molecule has 23 heavy (non-hydrogen) atoms. The molecule has 0 spiro atoms. The minimum Gasteiger partial charge on any atom is -0.497 e. The summed E-state index contributed by atoms with van der Waals surface area (Å²) < 4.78 is 10.3. The van der Waals surface area contributed by atoms with Crippen LogP contribution in [0.2, 0.25) is 0 Å². The summed E-state index contributed by atoms with van der Waals surface area (Å²) in [6.45, 7) is 0. The average Bonchev–Trinajstić information content (AvgIpc) is 3.25. The molecular formula is C15H13N3O3S2. The molecule has 1 aromatic carbocycles. The average molecular weight is 347 g/mol. The first-order valence-corrected chi connectivity index (χ1v) is 8.31. The summed E-state index contributed by atoms with van der Waals surface area (Å²) in [4.78, 5) is 13.4. The predicted molar refractivity (Wildman–Crippen MR) is 90.7 cm³/mol. The maximum atomic E-state index is 12.4. The highest BCUT2D eigenvalue weighted by molar-refractivity contribution is 7.23. The highest BCUT2D eigenvalue weighted by atomic mass is 32.1. The molecule has 2 aromatic heterocycles. The van der Waals surface area contributed by atoms with Gasteiger partial charge < -0.3 is 9.47 Å². The van der Waals surface area contributed by atoms with Gasteiger partial charge in [-0.25, -0.2) is 0 Å². The number of nitrogens with one attached hydrogen (secondary N) is 1. The van der Waals surface area contributed by atoms with Gasteiger partial charge in [0.05, 0.1) is 19.1 Å². The predicted octanol–water partition coefficient (Wildman–Crippen LogP) is 3.54. The van der Waals surface area contributed by atoms with Crippen molar-refractivity contribution in [3.05, 3.63) is 41.3 Å². The molecule has 0 fully saturated rings. The lowest BCUT2D eigenvalue weighted by atomic mass is 10.2. The van der Waals surface area contributed by atoms with Gasteiger partial charge in [-0.05, 0) is 23.6 Å². The molecule has 3 rings (SSSR count). The lowest BCUT2D eigenvalue weighted by Crippen LogP contribution is -2.12. The van der Waals surface area contributed by atoms with Gasteiger partial charge in [0.1, 0.15) is 11.5 Å². The van der Waals surface area contributed by atoms with E-state index in [9.17, 15) is 4.79 Å². The number of carbonyl (C=O) groups excluding carboxylic acids is 1. The van der Waals surface area contributed by atoms with Crippen LogP contribution in [-0.4, -0.2) is 30.3 Å². The summed E-state index contributed by atoms with van der Waals surface area (Å²) in [5.41, 5.74) is 0.425. The number of carbonyl (C=O) groups is 1. The van der Waals surface area contributed by atoms with Gasteiger partial charge in [-0.3, -0.25) is 10.1 Å². The molecule has 2 heterocycles. The molecule has 0 aliphatic heterocycles. The van der Waals surface area contributed by atoms with E-state index in [2.05, 4.69) is 15.5 Å². The van der Waals surface area contributed by atoms with Crippen molar-refractivity contribution in [3.63, 3.8) is 0 Å². The third-order valence-electron chi connectivity index (χ3n) is 2.99. The molecule has 0 bridgehead atoms. The van der Waals surface area contributed by atoms with Gasteiger partial charge in [-0.2, -0.15) is 0 Å². The fourth-order valence-corrected chi connectivity index (χ4v) is 3.41. The summed E-state index contributed by atoms with van der Waals surface area (Å²) >= 11 is 2.90. The molecule has 0 aliphatic carbocycles. The van der Waals surface area contributed by atoms with Crippen molar-refractivity contribution in [1.29, 1.82) is 0 Å². The molecule has 6 nitrogen and oxygen atoms in total. The Hall–Kier alpha value is -2.45. The SMILES string of the molecule is COc1cc(OC)cc(C(=O)Nc2nnc(-c3cccs3)s2)c1. The zero-order valence-corrected chi connectivity index (χ0v) is 14.0. The van der Waals surface area contributed by atoms with Gasteiger partial charge in [0.25, 0.3) is 5.91 Å². The molecule has 8 heteroatoms. The topological polar surface area (TPSA) is 73.3 Å². The van der Waals surface area contributed by atoms with Gasteiger partial charge in [0, 0.05) is 11.6 Å². The number of thiophene rings is 1. The number of rotatable bonds is 5. The van der Waals surface area contributed by atoms with Gasteiger partial charge in [-0.15, -0.1) is 21.5 Å². The molecule has 0 unspecified atom stereocenters. The third kappa shape index (κ3) is 3.49. The van der Waals surface area contributed by atoms with Crippen LogP contribution >= 0.6 is 22.7 Å².